The van der Waals surface area contributed by atoms with Crippen molar-refractivity contribution in [2.75, 3.05) is 13.6 Å². The fourth-order valence-corrected chi connectivity index (χ4v) is 4.22. The molecule has 21 heavy (non-hydrogen) atoms. The Labute approximate surface area is 129 Å². The zero-order valence-corrected chi connectivity index (χ0v) is 13.1. The van der Waals surface area contributed by atoms with Gasteiger partial charge in [-0.1, -0.05) is 18.6 Å². The molecule has 0 bridgehead atoms. The lowest BCUT2D eigenvalue weighted by Gasteiger charge is -2.23. The van der Waals surface area contributed by atoms with Gasteiger partial charge in [0.05, 0.1) is 16.8 Å². The topological polar surface area (TPSA) is 59.2 Å². The molecule has 1 saturated carbocycles. The molecule has 0 unspecified atom stereocenters. The number of fused-ring (bicyclic) bond motifs is 1. The Bertz CT molecular complexity index is 606. The summed E-state index contributed by atoms with van der Waals surface area (Å²) in [6.07, 6.45) is 3.18. The third-order valence-corrected chi connectivity index (χ3v) is 5.39. The lowest BCUT2D eigenvalue weighted by molar-refractivity contribution is -0.135. The average molecular weight is 303 g/mol. The summed E-state index contributed by atoms with van der Waals surface area (Å²) in [4.78, 5) is 19.0. The van der Waals surface area contributed by atoms with Crippen LogP contribution in [0.15, 0.2) is 24.3 Å². The highest BCUT2D eigenvalue weighted by Gasteiger charge is 2.33. The fraction of sp³-hybridized carbons (Fsp3) is 0.500. The second-order valence-corrected chi connectivity index (χ2v) is 6.92. The summed E-state index contributed by atoms with van der Waals surface area (Å²) in [5.74, 6) is 0.687. The molecule has 1 aliphatic carbocycles. The van der Waals surface area contributed by atoms with E-state index in [0.29, 0.717) is 19.0 Å². The van der Waals surface area contributed by atoms with E-state index in [1.54, 1.807) is 11.3 Å². The number of carbonyl (C=O) groups excluding carboxylic acids is 1. The summed E-state index contributed by atoms with van der Waals surface area (Å²) in [6.45, 7) is 1.21. The SMILES string of the molecule is CN(Cc1nc2ccccc2s1)C(=O)[C@@H]1CCC[C@@H]1CN. The molecule has 1 fully saturated rings. The van der Waals surface area contributed by atoms with Gasteiger partial charge in [0.1, 0.15) is 5.01 Å². The zero-order valence-electron chi connectivity index (χ0n) is 12.3. The van der Waals surface area contributed by atoms with Gasteiger partial charge in [0, 0.05) is 13.0 Å². The van der Waals surface area contributed by atoms with Gasteiger partial charge in [-0.2, -0.15) is 0 Å². The van der Waals surface area contributed by atoms with Crippen molar-refractivity contribution in [1.82, 2.24) is 9.88 Å². The van der Waals surface area contributed by atoms with Gasteiger partial charge in [0.15, 0.2) is 0 Å². The maximum absolute atomic E-state index is 12.6. The second kappa shape index (κ2) is 6.12. The fourth-order valence-electron chi connectivity index (χ4n) is 3.20. The molecule has 5 heteroatoms. The van der Waals surface area contributed by atoms with Gasteiger partial charge in [0.2, 0.25) is 5.91 Å². The van der Waals surface area contributed by atoms with Crippen LogP contribution in [-0.4, -0.2) is 29.4 Å². The van der Waals surface area contributed by atoms with E-state index < -0.39 is 0 Å². The van der Waals surface area contributed by atoms with E-state index in [9.17, 15) is 4.79 Å². The number of para-hydroxylation sites is 1. The van der Waals surface area contributed by atoms with Crippen LogP contribution < -0.4 is 5.73 Å². The molecule has 3 rings (SSSR count). The first-order chi connectivity index (χ1) is 10.2. The normalized spacial score (nSPS) is 21.8. The van der Waals surface area contributed by atoms with Crippen molar-refractivity contribution in [3.05, 3.63) is 29.3 Å². The van der Waals surface area contributed by atoms with Crippen LogP contribution >= 0.6 is 11.3 Å². The number of aromatic nitrogens is 1. The summed E-state index contributed by atoms with van der Waals surface area (Å²) in [7, 11) is 1.88. The number of hydrogen-bond donors (Lipinski definition) is 1. The van der Waals surface area contributed by atoms with E-state index >= 15 is 0 Å². The molecule has 2 atom stereocenters. The van der Waals surface area contributed by atoms with E-state index in [4.69, 9.17) is 5.73 Å². The summed E-state index contributed by atoms with van der Waals surface area (Å²) < 4.78 is 1.18. The van der Waals surface area contributed by atoms with Crippen molar-refractivity contribution in [3.8, 4) is 0 Å². The summed E-state index contributed by atoms with van der Waals surface area (Å²) in [5, 5.41) is 0.995. The molecule has 0 aliphatic heterocycles. The number of thiazole rings is 1. The number of nitrogens with two attached hydrogens (primary N) is 1. The van der Waals surface area contributed by atoms with Crippen molar-refractivity contribution in [2.45, 2.75) is 25.8 Å². The highest BCUT2D eigenvalue weighted by molar-refractivity contribution is 7.18. The predicted molar refractivity (Wildman–Crippen MR) is 86.0 cm³/mol. The molecule has 0 spiro atoms. The third kappa shape index (κ3) is 2.94. The van der Waals surface area contributed by atoms with Crippen LogP contribution in [0.5, 0.6) is 0 Å². The molecule has 0 radical (unpaired) electrons. The van der Waals surface area contributed by atoms with E-state index in [2.05, 4.69) is 11.1 Å². The highest BCUT2D eigenvalue weighted by atomic mass is 32.1. The highest BCUT2D eigenvalue weighted by Crippen LogP contribution is 2.32. The van der Waals surface area contributed by atoms with Gasteiger partial charge in [-0.25, -0.2) is 4.98 Å². The monoisotopic (exact) mass is 303 g/mol. The lowest BCUT2D eigenvalue weighted by atomic mass is 9.95. The Morgan fingerprint density at radius 2 is 2.24 bits per heavy atom. The predicted octanol–water partition coefficient (Wildman–Crippen LogP) is 2.63. The van der Waals surface area contributed by atoms with Gasteiger partial charge in [-0.15, -0.1) is 11.3 Å². The van der Waals surface area contributed by atoms with Crippen LogP contribution in [-0.2, 0) is 11.3 Å². The number of carbonyl (C=O) groups is 1. The summed E-state index contributed by atoms with van der Waals surface area (Å²) in [5.41, 5.74) is 6.80. The molecule has 4 nitrogen and oxygen atoms in total. The Morgan fingerprint density at radius 1 is 1.43 bits per heavy atom. The first kappa shape index (κ1) is 14.5. The summed E-state index contributed by atoms with van der Waals surface area (Å²) in [6, 6.07) is 8.09. The molecule has 2 aromatic rings. The van der Waals surface area contributed by atoms with Gasteiger partial charge in [-0.3, -0.25) is 4.79 Å². The van der Waals surface area contributed by atoms with Gasteiger partial charge in [0.25, 0.3) is 0 Å². The molecular formula is C16H21N3OS. The minimum Gasteiger partial charge on any atom is -0.339 e. The molecule has 0 saturated heterocycles. The summed E-state index contributed by atoms with van der Waals surface area (Å²) >= 11 is 1.66. The first-order valence-electron chi connectivity index (χ1n) is 7.48. The first-order valence-corrected chi connectivity index (χ1v) is 8.30. The maximum atomic E-state index is 12.6. The van der Waals surface area contributed by atoms with Gasteiger partial charge >= 0.3 is 0 Å². The molecule has 1 heterocycles. The van der Waals surface area contributed by atoms with Crippen molar-refractivity contribution in [3.63, 3.8) is 0 Å². The number of nitrogens with zero attached hydrogens (tertiary/aromatic N) is 2. The third-order valence-electron chi connectivity index (χ3n) is 4.37. The van der Waals surface area contributed by atoms with Crippen LogP contribution in [0.25, 0.3) is 10.2 Å². The number of benzene rings is 1. The Hall–Kier alpha value is -1.46. The molecule has 1 amide bonds. The van der Waals surface area contributed by atoms with Crippen LogP contribution in [0.1, 0.15) is 24.3 Å². The van der Waals surface area contributed by atoms with E-state index in [0.717, 1.165) is 29.8 Å². The second-order valence-electron chi connectivity index (χ2n) is 5.80. The molecule has 1 aromatic carbocycles. The van der Waals surface area contributed by atoms with E-state index in [-0.39, 0.29) is 11.8 Å². The Kier molecular flexibility index (Phi) is 4.22. The van der Waals surface area contributed by atoms with E-state index in [1.165, 1.54) is 4.70 Å². The van der Waals surface area contributed by atoms with E-state index in [1.807, 2.05) is 30.1 Å². The van der Waals surface area contributed by atoms with Crippen molar-refractivity contribution in [2.24, 2.45) is 17.6 Å². The Balaban J connectivity index is 1.70. The van der Waals surface area contributed by atoms with Gasteiger partial charge < -0.3 is 10.6 Å². The molecule has 112 valence electrons. The number of rotatable bonds is 4. The Morgan fingerprint density at radius 3 is 3.00 bits per heavy atom. The van der Waals surface area contributed by atoms with Crippen LogP contribution in [0.3, 0.4) is 0 Å². The van der Waals surface area contributed by atoms with Gasteiger partial charge in [-0.05, 0) is 37.4 Å². The quantitative estimate of drug-likeness (QED) is 0.944. The minimum atomic E-state index is 0.106. The van der Waals surface area contributed by atoms with Crippen LogP contribution in [0, 0.1) is 11.8 Å². The lowest BCUT2D eigenvalue weighted by Crippen LogP contribution is -2.36. The molecular weight excluding hydrogens is 282 g/mol. The van der Waals surface area contributed by atoms with Crippen LogP contribution in [0.2, 0.25) is 0 Å². The molecule has 1 aliphatic rings. The molecule has 1 aromatic heterocycles. The standard InChI is InChI=1S/C16H21N3OS/c1-19(16(20)12-6-4-5-11(12)9-17)10-15-18-13-7-2-3-8-14(13)21-15/h2-3,7-8,11-12H,4-6,9-10,17H2,1H3/t11-,12-/m1/s1. The van der Waals surface area contributed by atoms with Crippen LogP contribution in [0.4, 0.5) is 0 Å². The molecule has 2 N–H and O–H groups in total. The number of hydrogen-bond acceptors (Lipinski definition) is 4. The van der Waals surface area contributed by atoms with Crippen molar-refractivity contribution < 1.29 is 4.79 Å². The largest absolute Gasteiger partial charge is 0.339 e. The van der Waals surface area contributed by atoms with Crippen molar-refractivity contribution >= 4 is 27.5 Å². The smallest absolute Gasteiger partial charge is 0.226 e. The number of amides is 1. The average Bonchev–Trinajstić information content (AvgIpc) is 3.11. The minimum absolute atomic E-state index is 0.106. The zero-order chi connectivity index (χ0) is 14.8. The maximum Gasteiger partial charge on any atom is 0.226 e. The van der Waals surface area contributed by atoms with Crippen molar-refractivity contribution in [1.29, 1.82) is 0 Å².